The van der Waals surface area contributed by atoms with Gasteiger partial charge in [-0.3, -0.25) is 0 Å². The minimum atomic E-state index is 0. The summed E-state index contributed by atoms with van der Waals surface area (Å²) >= 11 is 0. The molecular weight excluding hydrogens is 408 g/mol. The predicted molar refractivity (Wildman–Crippen MR) is 72.1 cm³/mol. The molecule has 0 aliphatic heterocycles. The Bertz CT molecular complexity index is 160. The van der Waals surface area contributed by atoms with E-state index in [1.807, 2.05) is 13.3 Å². The van der Waals surface area contributed by atoms with E-state index < -0.39 is 0 Å². The molecule has 0 bridgehead atoms. The first kappa shape index (κ1) is 27.5. The van der Waals surface area contributed by atoms with E-state index >= 15 is 0 Å². The van der Waals surface area contributed by atoms with E-state index in [2.05, 4.69) is 54.8 Å². The van der Waals surface area contributed by atoms with Crippen molar-refractivity contribution in [3.63, 3.8) is 0 Å². The summed E-state index contributed by atoms with van der Waals surface area (Å²) in [7, 11) is 0. The molecule has 0 saturated heterocycles. The molecule has 0 N–H and O–H groups in total. The number of hydrogen-bond acceptors (Lipinski definition) is 0. The summed E-state index contributed by atoms with van der Waals surface area (Å²) in [6, 6.07) is 0. The SMILES string of the molecule is C[C]1[C](C)[C](C)[C](C)[C]1C.[C-]#[O+].[C-]#[O+].[CH2][CH][CH]C.[W]. The van der Waals surface area contributed by atoms with E-state index in [1.54, 1.807) is 6.42 Å². The van der Waals surface area contributed by atoms with Gasteiger partial charge in [0.1, 0.15) is 0 Å². The van der Waals surface area contributed by atoms with Crippen molar-refractivity contribution in [2.45, 2.75) is 41.5 Å². The molecule has 0 amide bonds. The van der Waals surface area contributed by atoms with E-state index in [1.165, 1.54) is 29.6 Å². The van der Waals surface area contributed by atoms with Gasteiger partial charge in [-0.25, -0.2) is 0 Å². The maximum Gasteiger partial charge on any atom is 0 e. The van der Waals surface area contributed by atoms with Crippen LogP contribution in [0.15, 0.2) is 0 Å². The van der Waals surface area contributed by atoms with E-state index in [4.69, 9.17) is 9.30 Å². The van der Waals surface area contributed by atoms with Crippen LogP contribution in [0.3, 0.4) is 0 Å². The Balaban J connectivity index is -0.000000107. The second-order valence-electron chi connectivity index (χ2n) is 3.69. The fourth-order valence-electron chi connectivity index (χ4n) is 1.41. The van der Waals surface area contributed by atoms with Gasteiger partial charge in [-0.05, 0) is 49.4 Å². The second kappa shape index (κ2) is 18.2. The summed E-state index contributed by atoms with van der Waals surface area (Å²) in [4.78, 5) is 0. The minimum absolute atomic E-state index is 0. The Morgan fingerprint density at radius 2 is 0.842 bits per heavy atom. The predicted octanol–water partition coefficient (Wildman–Crippen LogP) is 4.14. The molecule has 3 heteroatoms. The first-order valence-corrected chi connectivity index (χ1v) is 5.48. The van der Waals surface area contributed by atoms with Crippen LogP contribution in [0, 0.1) is 62.7 Å². The second-order valence-corrected chi connectivity index (χ2v) is 3.69. The van der Waals surface area contributed by atoms with E-state index in [9.17, 15) is 0 Å². The first-order valence-electron chi connectivity index (χ1n) is 5.48. The van der Waals surface area contributed by atoms with E-state index in [-0.39, 0.29) is 21.1 Å². The van der Waals surface area contributed by atoms with Gasteiger partial charge >= 0.3 is 22.6 Å². The first-order chi connectivity index (χ1) is 8.47. The molecular formula is C16H22O2W. The van der Waals surface area contributed by atoms with Gasteiger partial charge in [0, 0.05) is 21.1 Å². The maximum atomic E-state index is 7.50. The van der Waals surface area contributed by atoms with Gasteiger partial charge in [0.2, 0.25) is 0 Å². The van der Waals surface area contributed by atoms with Crippen molar-refractivity contribution in [1.82, 2.24) is 0 Å². The smallest absolute Gasteiger partial charge is 0 e. The molecule has 0 aromatic rings. The Morgan fingerprint density at radius 1 is 0.737 bits per heavy atom. The van der Waals surface area contributed by atoms with Crippen LogP contribution >= 0.6 is 0 Å². The van der Waals surface area contributed by atoms with Crippen LogP contribution < -0.4 is 0 Å². The molecule has 19 heavy (non-hydrogen) atoms. The third kappa shape index (κ3) is 10.6. The Morgan fingerprint density at radius 3 is 0.895 bits per heavy atom. The standard InChI is InChI=1S/C10H15.C4H7.2CO.W/c1-6-7(2)9(4)10(5)8(6)3;1-3-4-2;2*1-2;/h1-5H3;3-4H,1H2,2H3;;;. The molecule has 1 fully saturated rings. The molecule has 0 unspecified atom stereocenters. The van der Waals surface area contributed by atoms with Crippen molar-refractivity contribution in [3.8, 4) is 0 Å². The Kier molecular flexibility index (Phi) is 26.3. The third-order valence-corrected chi connectivity index (χ3v) is 3.05. The van der Waals surface area contributed by atoms with Crippen LogP contribution in [0.2, 0.25) is 0 Å². The van der Waals surface area contributed by atoms with Crippen LogP contribution in [0.4, 0.5) is 0 Å². The van der Waals surface area contributed by atoms with Crippen molar-refractivity contribution >= 4 is 0 Å². The van der Waals surface area contributed by atoms with Crippen molar-refractivity contribution in [2.24, 2.45) is 0 Å². The van der Waals surface area contributed by atoms with Crippen LogP contribution in [0.5, 0.6) is 0 Å². The molecule has 1 aliphatic rings. The maximum absolute atomic E-state index is 7.50. The summed E-state index contributed by atoms with van der Waals surface area (Å²) in [5, 5.41) is 0. The number of unbranched alkanes of at least 4 members (excludes halogenated alkanes) is 1. The summed E-state index contributed by atoms with van der Waals surface area (Å²) in [6.07, 6.45) is 3.64. The molecule has 0 spiro atoms. The molecule has 0 aromatic carbocycles. The molecule has 1 saturated carbocycles. The monoisotopic (exact) mass is 430 g/mol. The van der Waals surface area contributed by atoms with Gasteiger partial charge in [-0.2, -0.15) is 0 Å². The number of hydrogen-bond donors (Lipinski definition) is 0. The zero-order valence-corrected chi connectivity index (χ0v) is 15.5. The summed E-state index contributed by atoms with van der Waals surface area (Å²) in [6.45, 7) is 25.4. The van der Waals surface area contributed by atoms with Crippen LogP contribution in [-0.4, -0.2) is 0 Å². The fourth-order valence-corrected chi connectivity index (χ4v) is 1.41. The largest absolute Gasteiger partial charge is 0.0620 e. The van der Waals surface area contributed by atoms with Gasteiger partial charge < -0.3 is 0 Å². The van der Waals surface area contributed by atoms with Gasteiger partial charge in [-0.1, -0.05) is 41.5 Å². The molecule has 0 aromatic heterocycles. The fraction of sp³-hybridized carbons (Fsp3) is 0.375. The van der Waals surface area contributed by atoms with Crippen molar-refractivity contribution in [2.75, 3.05) is 0 Å². The van der Waals surface area contributed by atoms with Gasteiger partial charge in [-0.15, -0.1) is 0 Å². The van der Waals surface area contributed by atoms with Gasteiger partial charge in [0.05, 0.1) is 0 Å². The molecule has 1 aliphatic carbocycles. The third-order valence-electron chi connectivity index (χ3n) is 3.05. The zero-order valence-electron chi connectivity index (χ0n) is 12.6. The zero-order chi connectivity index (χ0) is 15.3. The molecule has 0 heterocycles. The average Bonchev–Trinajstić information content (AvgIpc) is 2.61. The Labute approximate surface area is 134 Å². The molecule has 8 radical (unpaired) electrons. The van der Waals surface area contributed by atoms with Gasteiger partial charge in [0.15, 0.2) is 0 Å². The topological polar surface area (TPSA) is 39.8 Å². The van der Waals surface area contributed by atoms with Crippen LogP contribution in [0.25, 0.3) is 0 Å². The van der Waals surface area contributed by atoms with E-state index in [0.717, 1.165) is 0 Å². The normalized spacial score (nSPS) is 16.8. The van der Waals surface area contributed by atoms with Gasteiger partial charge in [0.25, 0.3) is 0 Å². The molecule has 104 valence electrons. The quantitative estimate of drug-likeness (QED) is 0.443. The van der Waals surface area contributed by atoms with Crippen molar-refractivity contribution in [3.05, 3.63) is 62.7 Å². The Hall–Kier alpha value is 0.168. The van der Waals surface area contributed by atoms with Crippen molar-refractivity contribution in [1.29, 1.82) is 0 Å². The molecule has 2 nitrogen and oxygen atoms in total. The molecule has 0 atom stereocenters. The summed E-state index contributed by atoms with van der Waals surface area (Å²) in [5.41, 5.74) is 0. The number of rotatable bonds is 1. The summed E-state index contributed by atoms with van der Waals surface area (Å²) < 4.78 is 15.0. The van der Waals surface area contributed by atoms with Crippen LogP contribution in [0.1, 0.15) is 41.5 Å². The average molecular weight is 430 g/mol. The van der Waals surface area contributed by atoms with E-state index in [0.29, 0.717) is 0 Å². The minimum Gasteiger partial charge on any atom is -0.0620 e. The summed E-state index contributed by atoms with van der Waals surface area (Å²) in [5.74, 6) is 7.34. The van der Waals surface area contributed by atoms with Crippen molar-refractivity contribution < 1.29 is 30.4 Å². The van der Waals surface area contributed by atoms with Crippen LogP contribution in [-0.2, 0) is 30.4 Å². The molecule has 1 rings (SSSR count).